The summed E-state index contributed by atoms with van der Waals surface area (Å²) in [7, 11) is -2.91. The predicted molar refractivity (Wildman–Crippen MR) is 64.8 cm³/mol. The Hall–Kier alpha value is -0.950. The molecular weight excluding hydrogens is 254 g/mol. The maximum atomic E-state index is 11.4. The number of hydrogen-bond acceptors (Lipinski definition) is 6. The van der Waals surface area contributed by atoms with Crippen molar-refractivity contribution < 1.29 is 12.9 Å². The summed E-state index contributed by atoms with van der Waals surface area (Å²) < 4.78 is 28.0. The first-order chi connectivity index (χ1) is 8.46. The number of sulfone groups is 1. The van der Waals surface area contributed by atoms with Crippen molar-refractivity contribution in [3.05, 3.63) is 11.7 Å². The van der Waals surface area contributed by atoms with Gasteiger partial charge >= 0.3 is 0 Å². The monoisotopic (exact) mass is 271 g/mol. The van der Waals surface area contributed by atoms with Gasteiger partial charge in [-0.3, -0.25) is 0 Å². The molecular formula is C11H17N3O3S. The second-order valence-electron chi connectivity index (χ2n) is 5.54. The van der Waals surface area contributed by atoms with E-state index in [1.54, 1.807) is 0 Å². The lowest BCUT2D eigenvalue weighted by atomic mass is 9.75. The van der Waals surface area contributed by atoms with Crippen LogP contribution >= 0.6 is 0 Å². The molecule has 1 saturated heterocycles. The first-order valence-corrected chi connectivity index (χ1v) is 8.10. The lowest BCUT2D eigenvalue weighted by Crippen LogP contribution is -2.48. The molecule has 0 bridgehead atoms. The molecule has 6 nitrogen and oxygen atoms in total. The Morgan fingerprint density at radius 3 is 2.78 bits per heavy atom. The van der Waals surface area contributed by atoms with Gasteiger partial charge in [-0.05, 0) is 25.7 Å². The van der Waals surface area contributed by atoms with Crippen molar-refractivity contribution in [2.75, 3.05) is 11.5 Å². The van der Waals surface area contributed by atoms with Crippen LogP contribution in [-0.4, -0.2) is 35.6 Å². The fraction of sp³-hybridized carbons (Fsp3) is 0.818. The molecule has 1 aromatic heterocycles. The highest BCUT2D eigenvalue weighted by atomic mass is 32.2. The normalized spacial score (nSPS) is 29.1. The minimum atomic E-state index is -2.91. The molecule has 1 saturated carbocycles. The van der Waals surface area contributed by atoms with Gasteiger partial charge in [-0.15, -0.1) is 0 Å². The van der Waals surface area contributed by atoms with E-state index in [-0.39, 0.29) is 23.0 Å². The summed E-state index contributed by atoms with van der Waals surface area (Å²) in [5.74, 6) is 1.32. The number of nitrogens with zero attached hydrogens (tertiary/aromatic N) is 2. The topological polar surface area (TPSA) is 99.1 Å². The molecule has 0 aromatic carbocycles. The van der Waals surface area contributed by atoms with E-state index in [4.69, 9.17) is 10.3 Å². The Balaban J connectivity index is 1.70. The molecule has 2 aliphatic rings. The van der Waals surface area contributed by atoms with E-state index in [9.17, 15) is 8.42 Å². The average molecular weight is 271 g/mol. The standard InChI is InChI=1S/C11H17N3O3S/c12-11(3-1-4-11)6-9-13-10(14-17-9)8-2-5-18(15,16)7-8/h8H,1-7,12H2. The molecule has 0 radical (unpaired) electrons. The SMILES string of the molecule is NC1(Cc2nc(C3CCS(=O)(=O)C3)no2)CCC1. The number of nitrogens with two attached hydrogens (primary N) is 1. The van der Waals surface area contributed by atoms with E-state index in [0.29, 0.717) is 24.6 Å². The second-order valence-corrected chi connectivity index (χ2v) is 7.77. The fourth-order valence-electron chi connectivity index (χ4n) is 2.61. The van der Waals surface area contributed by atoms with Gasteiger partial charge in [-0.25, -0.2) is 8.42 Å². The summed E-state index contributed by atoms with van der Waals surface area (Å²) in [5, 5.41) is 3.90. The van der Waals surface area contributed by atoms with Gasteiger partial charge in [0.15, 0.2) is 15.7 Å². The van der Waals surface area contributed by atoms with Crippen LogP contribution in [0.15, 0.2) is 4.52 Å². The molecule has 1 aliphatic carbocycles. The van der Waals surface area contributed by atoms with Crippen molar-refractivity contribution >= 4 is 9.84 Å². The van der Waals surface area contributed by atoms with Gasteiger partial charge < -0.3 is 10.3 Å². The number of hydrogen-bond donors (Lipinski definition) is 1. The molecule has 1 aromatic rings. The minimum Gasteiger partial charge on any atom is -0.339 e. The summed E-state index contributed by atoms with van der Waals surface area (Å²) in [5.41, 5.74) is 5.93. The Kier molecular flexibility index (Phi) is 2.71. The van der Waals surface area contributed by atoms with Gasteiger partial charge in [0.1, 0.15) is 0 Å². The van der Waals surface area contributed by atoms with E-state index >= 15 is 0 Å². The molecule has 1 aliphatic heterocycles. The van der Waals surface area contributed by atoms with Gasteiger partial charge in [0, 0.05) is 17.9 Å². The zero-order valence-electron chi connectivity index (χ0n) is 10.1. The van der Waals surface area contributed by atoms with Crippen molar-refractivity contribution in [2.24, 2.45) is 5.73 Å². The van der Waals surface area contributed by atoms with Crippen LogP contribution in [0.2, 0.25) is 0 Å². The van der Waals surface area contributed by atoms with Crippen molar-refractivity contribution in [3.63, 3.8) is 0 Å². The molecule has 0 amide bonds. The van der Waals surface area contributed by atoms with E-state index in [1.165, 1.54) is 0 Å². The van der Waals surface area contributed by atoms with Crippen LogP contribution in [-0.2, 0) is 16.3 Å². The highest BCUT2D eigenvalue weighted by molar-refractivity contribution is 7.91. The molecule has 100 valence electrons. The Bertz CT molecular complexity index is 548. The van der Waals surface area contributed by atoms with E-state index in [0.717, 1.165) is 19.3 Å². The minimum absolute atomic E-state index is 0.109. The highest BCUT2D eigenvalue weighted by Crippen LogP contribution is 2.33. The summed E-state index contributed by atoms with van der Waals surface area (Å²) >= 11 is 0. The fourth-order valence-corrected chi connectivity index (χ4v) is 4.35. The van der Waals surface area contributed by atoms with Crippen LogP contribution in [0, 0.1) is 0 Å². The Morgan fingerprint density at radius 2 is 2.22 bits per heavy atom. The maximum Gasteiger partial charge on any atom is 0.228 e. The molecule has 1 unspecified atom stereocenters. The van der Waals surface area contributed by atoms with Crippen LogP contribution in [0.5, 0.6) is 0 Å². The van der Waals surface area contributed by atoms with Gasteiger partial charge in [-0.2, -0.15) is 4.98 Å². The third kappa shape index (κ3) is 2.29. The van der Waals surface area contributed by atoms with Gasteiger partial charge in [-0.1, -0.05) is 5.16 Å². The lowest BCUT2D eigenvalue weighted by molar-refractivity contribution is 0.221. The van der Waals surface area contributed by atoms with E-state index in [1.807, 2.05) is 0 Å². The van der Waals surface area contributed by atoms with Gasteiger partial charge in [0.25, 0.3) is 0 Å². The molecule has 2 fully saturated rings. The van der Waals surface area contributed by atoms with Crippen LogP contribution < -0.4 is 5.73 Å². The zero-order chi connectivity index (χ0) is 12.8. The summed E-state index contributed by atoms with van der Waals surface area (Å²) in [6, 6.07) is 0. The molecule has 1 atom stereocenters. The number of rotatable bonds is 3. The zero-order valence-corrected chi connectivity index (χ0v) is 10.9. The quantitative estimate of drug-likeness (QED) is 0.854. The van der Waals surface area contributed by atoms with Crippen molar-refractivity contribution in [2.45, 2.75) is 43.6 Å². The summed E-state index contributed by atoms with van der Waals surface area (Å²) in [4.78, 5) is 4.30. The first kappa shape index (κ1) is 12.1. The Labute approximate surface area is 106 Å². The first-order valence-electron chi connectivity index (χ1n) is 6.28. The van der Waals surface area contributed by atoms with Crippen LogP contribution in [0.4, 0.5) is 0 Å². The third-order valence-electron chi connectivity index (χ3n) is 3.93. The molecule has 2 N–H and O–H groups in total. The van der Waals surface area contributed by atoms with E-state index < -0.39 is 9.84 Å². The predicted octanol–water partition coefficient (Wildman–Crippen LogP) is 0.396. The van der Waals surface area contributed by atoms with E-state index in [2.05, 4.69) is 10.1 Å². The van der Waals surface area contributed by atoms with Crippen molar-refractivity contribution in [1.29, 1.82) is 0 Å². The van der Waals surface area contributed by atoms with Crippen LogP contribution in [0.1, 0.15) is 43.3 Å². The highest BCUT2D eigenvalue weighted by Gasteiger charge is 2.36. The van der Waals surface area contributed by atoms with Gasteiger partial charge in [0.2, 0.25) is 5.89 Å². The molecule has 7 heteroatoms. The average Bonchev–Trinajstić information content (AvgIpc) is 2.82. The van der Waals surface area contributed by atoms with Crippen LogP contribution in [0.25, 0.3) is 0 Å². The molecule has 0 spiro atoms. The third-order valence-corrected chi connectivity index (χ3v) is 5.70. The molecule has 3 rings (SSSR count). The largest absolute Gasteiger partial charge is 0.339 e. The maximum absolute atomic E-state index is 11.4. The molecule has 18 heavy (non-hydrogen) atoms. The lowest BCUT2D eigenvalue weighted by Gasteiger charge is -2.36. The van der Waals surface area contributed by atoms with Crippen molar-refractivity contribution in [1.82, 2.24) is 10.1 Å². The van der Waals surface area contributed by atoms with Crippen LogP contribution in [0.3, 0.4) is 0 Å². The van der Waals surface area contributed by atoms with Crippen molar-refractivity contribution in [3.8, 4) is 0 Å². The molecule has 2 heterocycles. The second kappa shape index (κ2) is 4.03. The van der Waals surface area contributed by atoms with Gasteiger partial charge in [0.05, 0.1) is 11.5 Å². The number of aromatic nitrogens is 2. The summed E-state index contributed by atoms with van der Waals surface area (Å²) in [6.07, 6.45) is 4.32. The Morgan fingerprint density at radius 1 is 1.44 bits per heavy atom. The summed E-state index contributed by atoms with van der Waals surface area (Å²) in [6.45, 7) is 0. The smallest absolute Gasteiger partial charge is 0.228 e.